The molecule has 0 aromatic heterocycles. The quantitative estimate of drug-likeness (QED) is 0.532. The number of allylic oxidation sites excluding steroid dienone is 1. The minimum absolute atomic E-state index is 0.242. The maximum atomic E-state index is 13.1. The van der Waals surface area contributed by atoms with Crippen molar-refractivity contribution in [2.45, 2.75) is 43.3 Å². The minimum atomic E-state index is -4.89. The Bertz CT molecular complexity index is 1110. The van der Waals surface area contributed by atoms with Crippen molar-refractivity contribution in [1.82, 2.24) is 5.32 Å². The van der Waals surface area contributed by atoms with Gasteiger partial charge in [-0.2, -0.15) is 26.3 Å². The summed E-state index contributed by atoms with van der Waals surface area (Å²) in [7, 11) is -7.69. The molecule has 1 amide bonds. The predicted molar refractivity (Wildman–Crippen MR) is 108 cm³/mol. The van der Waals surface area contributed by atoms with E-state index >= 15 is 0 Å². The van der Waals surface area contributed by atoms with E-state index < -0.39 is 90.2 Å². The number of rotatable bonds is 7. The molecule has 0 spiro atoms. The first kappa shape index (κ1) is 27.0. The number of carbonyl (C=O) groups is 1. The molecule has 0 aliphatic carbocycles. The smallest absolute Gasteiger partial charge is 0.326 e. The SMILES string of the molecule is C=C(CCC(F)(F)F)NC(=O)c1cc(C(F)(F)F)ccc1NS(=O)(=O)C1CCS(=O)(=O)CC1. The number of carbonyl (C=O) groups excluding carboxylic acids is 1. The van der Waals surface area contributed by atoms with Crippen molar-refractivity contribution in [1.29, 1.82) is 0 Å². The molecule has 0 bridgehead atoms. The van der Waals surface area contributed by atoms with Gasteiger partial charge in [0.2, 0.25) is 10.0 Å². The third-order valence-corrected chi connectivity index (χ3v) is 8.35. The Morgan fingerprint density at radius 3 is 2.18 bits per heavy atom. The van der Waals surface area contributed by atoms with Crippen molar-refractivity contribution in [3.8, 4) is 0 Å². The molecule has 186 valence electrons. The van der Waals surface area contributed by atoms with Gasteiger partial charge in [0.15, 0.2) is 0 Å². The van der Waals surface area contributed by atoms with E-state index in [-0.39, 0.29) is 12.8 Å². The molecule has 1 aliphatic heterocycles. The van der Waals surface area contributed by atoms with Crippen LogP contribution in [0.2, 0.25) is 0 Å². The van der Waals surface area contributed by atoms with E-state index in [4.69, 9.17) is 0 Å². The average molecular weight is 522 g/mol. The molecule has 0 radical (unpaired) electrons. The lowest BCUT2D eigenvalue weighted by atomic mass is 10.1. The number of sulfonamides is 1. The summed E-state index contributed by atoms with van der Waals surface area (Å²) in [6.45, 7) is 3.24. The summed E-state index contributed by atoms with van der Waals surface area (Å²) in [4.78, 5) is 12.5. The predicted octanol–water partition coefficient (Wildman–Crippen LogP) is 3.61. The van der Waals surface area contributed by atoms with Crippen molar-refractivity contribution in [2.24, 2.45) is 0 Å². The largest absolute Gasteiger partial charge is 0.416 e. The van der Waals surface area contributed by atoms with E-state index in [1.807, 2.05) is 10.0 Å². The van der Waals surface area contributed by atoms with Gasteiger partial charge in [0.05, 0.1) is 33.6 Å². The molecule has 2 rings (SSSR count). The first-order valence-corrected chi connectivity index (χ1v) is 12.8. The fourth-order valence-corrected chi connectivity index (χ4v) is 6.29. The molecule has 1 aliphatic rings. The van der Waals surface area contributed by atoms with Crippen molar-refractivity contribution >= 4 is 31.5 Å². The molecular formula is C18H20F6N2O5S2. The highest BCUT2D eigenvalue weighted by Gasteiger charge is 2.35. The van der Waals surface area contributed by atoms with Crippen LogP contribution in [-0.2, 0) is 26.0 Å². The molecule has 1 heterocycles. The number of benzene rings is 1. The molecule has 1 aromatic rings. The fraction of sp³-hybridized carbons (Fsp3) is 0.500. The second kappa shape index (κ2) is 9.52. The van der Waals surface area contributed by atoms with E-state index in [0.717, 1.165) is 0 Å². The molecule has 1 fully saturated rings. The van der Waals surface area contributed by atoms with E-state index in [2.05, 4.69) is 6.58 Å². The summed E-state index contributed by atoms with van der Waals surface area (Å²) in [6.07, 6.45) is -12.0. The van der Waals surface area contributed by atoms with Crippen LogP contribution in [0.4, 0.5) is 32.0 Å². The molecule has 1 aromatic carbocycles. The van der Waals surface area contributed by atoms with Crippen molar-refractivity contribution in [2.75, 3.05) is 16.2 Å². The summed E-state index contributed by atoms with van der Waals surface area (Å²) in [5.74, 6) is -2.08. The Morgan fingerprint density at radius 1 is 1.09 bits per heavy atom. The van der Waals surface area contributed by atoms with E-state index in [0.29, 0.717) is 18.2 Å². The first-order chi connectivity index (χ1) is 14.9. The average Bonchev–Trinajstić information content (AvgIpc) is 2.64. The van der Waals surface area contributed by atoms with Crippen LogP contribution in [-0.4, -0.2) is 45.7 Å². The van der Waals surface area contributed by atoms with Gasteiger partial charge in [0.25, 0.3) is 5.91 Å². The Morgan fingerprint density at radius 2 is 1.67 bits per heavy atom. The fourth-order valence-electron chi connectivity index (χ4n) is 3.00. The van der Waals surface area contributed by atoms with Gasteiger partial charge in [0.1, 0.15) is 9.84 Å². The van der Waals surface area contributed by atoms with Gasteiger partial charge in [-0.15, -0.1) is 0 Å². The summed E-state index contributed by atoms with van der Waals surface area (Å²) >= 11 is 0. The van der Waals surface area contributed by atoms with Crippen LogP contribution in [0.15, 0.2) is 30.5 Å². The number of hydrogen-bond acceptors (Lipinski definition) is 5. The lowest BCUT2D eigenvalue weighted by Gasteiger charge is -2.23. The zero-order valence-corrected chi connectivity index (χ0v) is 18.5. The first-order valence-electron chi connectivity index (χ1n) is 9.39. The van der Waals surface area contributed by atoms with Crippen LogP contribution in [0, 0.1) is 0 Å². The van der Waals surface area contributed by atoms with Gasteiger partial charge in [-0.05, 0) is 37.5 Å². The Hall–Kier alpha value is -2.29. The molecule has 0 unspecified atom stereocenters. The number of hydrogen-bond donors (Lipinski definition) is 2. The zero-order valence-electron chi connectivity index (χ0n) is 16.9. The van der Waals surface area contributed by atoms with Gasteiger partial charge in [-0.3, -0.25) is 9.52 Å². The highest BCUT2D eigenvalue weighted by atomic mass is 32.2. The molecule has 15 heteroatoms. The van der Waals surface area contributed by atoms with E-state index in [1.54, 1.807) is 0 Å². The lowest BCUT2D eigenvalue weighted by Crippen LogP contribution is -2.36. The molecule has 0 saturated carbocycles. The van der Waals surface area contributed by atoms with Crippen LogP contribution in [0.1, 0.15) is 41.6 Å². The summed E-state index contributed by atoms with van der Waals surface area (Å²) in [6, 6.07) is 1.58. The van der Waals surface area contributed by atoms with E-state index in [1.165, 1.54) is 0 Å². The molecule has 1 saturated heterocycles. The maximum absolute atomic E-state index is 13.1. The van der Waals surface area contributed by atoms with Gasteiger partial charge < -0.3 is 5.32 Å². The van der Waals surface area contributed by atoms with Gasteiger partial charge in [-0.1, -0.05) is 6.58 Å². The minimum Gasteiger partial charge on any atom is -0.326 e. The van der Waals surface area contributed by atoms with E-state index in [9.17, 15) is 48.0 Å². The van der Waals surface area contributed by atoms with Gasteiger partial charge in [0, 0.05) is 12.1 Å². The highest BCUT2D eigenvalue weighted by Crippen LogP contribution is 2.33. The maximum Gasteiger partial charge on any atom is 0.416 e. The monoisotopic (exact) mass is 522 g/mol. The van der Waals surface area contributed by atoms with Crippen LogP contribution < -0.4 is 10.0 Å². The lowest BCUT2D eigenvalue weighted by molar-refractivity contribution is -0.137. The topological polar surface area (TPSA) is 109 Å². The molecule has 0 atom stereocenters. The number of anilines is 1. The number of nitrogens with one attached hydrogen (secondary N) is 2. The van der Waals surface area contributed by atoms with Crippen molar-refractivity contribution in [3.05, 3.63) is 41.6 Å². The third-order valence-electron chi connectivity index (χ3n) is 4.78. The number of sulfone groups is 1. The standard InChI is InChI=1S/C18H20F6N2O5S2/c1-11(4-7-17(19,20)21)25-16(27)14-10-12(18(22,23)24)2-3-15(14)26-33(30,31)13-5-8-32(28,29)9-6-13/h2-3,10,13,26H,1,4-9H2,(H,25,27). The van der Waals surface area contributed by atoms with Crippen LogP contribution in [0.5, 0.6) is 0 Å². The third kappa shape index (κ3) is 7.91. The zero-order chi connectivity index (χ0) is 25.2. The molecule has 7 nitrogen and oxygen atoms in total. The normalized spacial score (nSPS) is 17.4. The van der Waals surface area contributed by atoms with Gasteiger partial charge in [-0.25, -0.2) is 16.8 Å². The summed E-state index contributed by atoms with van der Waals surface area (Å²) in [5.41, 5.74) is -3.05. The Kier molecular flexibility index (Phi) is 7.78. The van der Waals surface area contributed by atoms with Crippen LogP contribution in [0.3, 0.4) is 0 Å². The van der Waals surface area contributed by atoms with Crippen molar-refractivity contribution in [3.63, 3.8) is 0 Å². The van der Waals surface area contributed by atoms with Crippen LogP contribution >= 0.6 is 0 Å². The molecular weight excluding hydrogens is 502 g/mol. The highest BCUT2D eigenvalue weighted by molar-refractivity contribution is 7.94. The van der Waals surface area contributed by atoms with Crippen LogP contribution in [0.25, 0.3) is 0 Å². The molecule has 2 N–H and O–H groups in total. The second-order valence-electron chi connectivity index (χ2n) is 7.43. The molecule has 33 heavy (non-hydrogen) atoms. The van der Waals surface area contributed by atoms with Gasteiger partial charge >= 0.3 is 12.4 Å². The number of amides is 1. The summed E-state index contributed by atoms with van der Waals surface area (Å²) < 4.78 is 127. The van der Waals surface area contributed by atoms with Crippen molar-refractivity contribution < 1.29 is 48.0 Å². The Balaban J connectivity index is 2.31. The second-order valence-corrected chi connectivity index (χ2v) is 11.7. The Labute approximate surface area is 186 Å². The number of alkyl halides is 6. The number of halogens is 6. The summed E-state index contributed by atoms with van der Waals surface area (Å²) in [5, 5.41) is 0.783.